The van der Waals surface area contributed by atoms with E-state index in [2.05, 4.69) is 34.3 Å². The van der Waals surface area contributed by atoms with Gasteiger partial charge in [0.25, 0.3) is 0 Å². The molecule has 9 nitrogen and oxygen atoms in total. The Morgan fingerprint density at radius 1 is 1.17 bits per heavy atom. The molecule has 134 valence electrons. The summed E-state index contributed by atoms with van der Waals surface area (Å²) in [7, 11) is 0. The van der Waals surface area contributed by atoms with Crippen molar-refractivity contribution in [2.75, 3.05) is 37.7 Å². The first-order valence-corrected chi connectivity index (χ1v) is 8.79. The van der Waals surface area contributed by atoms with E-state index in [0.717, 1.165) is 38.3 Å². The fourth-order valence-electron chi connectivity index (χ4n) is 3.15. The molecule has 0 saturated carbocycles. The second-order valence-electron chi connectivity index (χ2n) is 6.26. The zero-order chi connectivity index (χ0) is 16.9. The first-order valence-electron chi connectivity index (χ1n) is 8.79. The normalized spacial score (nSPS) is 24.5. The Labute approximate surface area is 141 Å². The van der Waals surface area contributed by atoms with Crippen molar-refractivity contribution < 1.29 is 14.3 Å². The van der Waals surface area contributed by atoms with Crippen molar-refractivity contribution in [3.63, 3.8) is 0 Å². The molecule has 2 aliphatic rings. The van der Waals surface area contributed by atoms with E-state index in [0.29, 0.717) is 26.2 Å². The zero-order valence-electron chi connectivity index (χ0n) is 14.4. The third kappa shape index (κ3) is 3.77. The number of cyclic esters (lactones) is 1. The number of amides is 1. The Hall–Kier alpha value is -1.90. The summed E-state index contributed by atoms with van der Waals surface area (Å²) >= 11 is 0. The maximum atomic E-state index is 11.5. The van der Waals surface area contributed by atoms with Gasteiger partial charge in [-0.2, -0.15) is 0 Å². The number of ether oxygens (including phenoxy) is 2. The monoisotopic (exact) mass is 338 g/mol. The van der Waals surface area contributed by atoms with Gasteiger partial charge in [0.2, 0.25) is 5.95 Å². The molecule has 2 aliphatic heterocycles. The number of anilines is 1. The second kappa shape index (κ2) is 7.78. The Kier molecular flexibility index (Phi) is 5.49. The predicted octanol–water partition coefficient (Wildman–Crippen LogP) is 0.909. The van der Waals surface area contributed by atoms with Crippen molar-refractivity contribution in [3.8, 4) is 0 Å². The van der Waals surface area contributed by atoms with Crippen LogP contribution in [0.4, 0.5) is 10.7 Å². The third-order valence-electron chi connectivity index (χ3n) is 4.58. The number of rotatable bonds is 7. The van der Waals surface area contributed by atoms with Gasteiger partial charge in [-0.3, -0.25) is 0 Å². The minimum Gasteiger partial charge on any atom is -0.448 e. The lowest BCUT2D eigenvalue weighted by Gasteiger charge is -2.37. The summed E-state index contributed by atoms with van der Waals surface area (Å²) in [6.45, 7) is 8.39. The van der Waals surface area contributed by atoms with Crippen molar-refractivity contribution >= 4 is 12.0 Å². The highest BCUT2D eigenvalue weighted by Crippen LogP contribution is 2.20. The zero-order valence-corrected chi connectivity index (χ0v) is 14.4. The average molecular weight is 338 g/mol. The maximum absolute atomic E-state index is 11.5. The van der Waals surface area contributed by atoms with Crippen LogP contribution in [0.3, 0.4) is 0 Å². The highest BCUT2D eigenvalue weighted by atomic mass is 16.6. The Bertz CT molecular complexity index is 539. The van der Waals surface area contributed by atoms with Gasteiger partial charge in [0.05, 0.1) is 18.8 Å². The number of hydrogen-bond acceptors (Lipinski definition) is 7. The van der Waals surface area contributed by atoms with Gasteiger partial charge in [0.15, 0.2) is 0 Å². The van der Waals surface area contributed by atoms with Crippen molar-refractivity contribution in [2.45, 2.75) is 51.9 Å². The van der Waals surface area contributed by atoms with Crippen LogP contribution in [0.5, 0.6) is 0 Å². The van der Waals surface area contributed by atoms with E-state index < -0.39 is 0 Å². The summed E-state index contributed by atoms with van der Waals surface area (Å²) in [5, 5.41) is 12.2. The number of carbonyl (C=O) groups is 1. The summed E-state index contributed by atoms with van der Waals surface area (Å²) in [4.78, 5) is 15.4. The van der Waals surface area contributed by atoms with Gasteiger partial charge < -0.3 is 19.3 Å². The van der Waals surface area contributed by atoms with Crippen molar-refractivity contribution in [1.82, 2.24) is 25.1 Å². The van der Waals surface area contributed by atoms with Crippen LogP contribution in [0, 0.1) is 0 Å². The van der Waals surface area contributed by atoms with E-state index in [1.54, 1.807) is 4.90 Å². The van der Waals surface area contributed by atoms with Gasteiger partial charge in [-0.25, -0.2) is 9.48 Å². The van der Waals surface area contributed by atoms with Crippen molar-refractivity contribution in [1.29, 1.82) is 0 Å². The molecule has 2 fully saturated rings. The van der Waals surface area contributed by atoms with Crippen molar-refractivity contribution in [2.24, 2.45) is 0 Å². The van der Waals surface area contributed by atoms with Gasteiger partial charge in [0, 0.05) is 26.2 Å². The molecular weight excluding hydrogens is 312 g/mol. The lowest BCUT2D eigenvalue weighted by molar-refractivity contribution is -0.0292. The summed E-state index contributed by atoms with van der Waals surface area (Å²) in [5.74, 6) is 0.791. The molecule has 1 amide bonds. The van der Waals surface area contributed by atoms with E-state index in [9.17, 15) is 4.79 Å². The molecule has 2 saturated heterocycles. The van der Waals surface area contributed by atoms with Crippen LogP contribution in [0.25, 0.3) is 0 Å². The SMILES string of the molecule is CCC1CN(c2nnnn2CCCN2CCOC2=O)CC(CC)O1. The lowest BCUT2D eigenvalue weighted by Crippen LogP contribution is -2.48. The first kappa shape index (κ1) is 16.9. The van der Waals surface area contributed by atoms with Gasteiger partial charge in [-0.05, 0) is 29.7 Å². The molecule has 2 unspecified atom stereocenters. The van der Waals surface area contributed by atoms with Gasteiger partial charge >= 0.3 is 6.09 Å². The quantitative estimate of drug-likeness (QED) is 0.730. The summed E-state index contributed by atoms with van der Waals surface area (Å²) in [6, 6.07) is 0. The van der Waals surface area contributed by atoms with Crippen LogP contribution in [0.1, 0.15) is 33.1 Å². The van der Waals surface area contributed by atoms with Crippen LogP contribution in [-0.4, -0.2) is 76.2 Å². The maximum Gasteiger partial charge on any atom is 0.409 e. The molecule has 1 aromatic rings. The van der Waals surface area contributed by atoms with Crippen LogP contribution < -0.4 is 4.90 Å². The summed E-state index contributed by atoms with van der Waals surface area (Å²) < 4.78 is 12.8. The smallest absolute Gasteiger partial charge is 0.409 e. The van der Waals surface area contributed by atoms with Crippen LogP contribution in [0.15, 0.2) is 0 Å². The summed E-state index contributed by atoms with van der Waals surface area (Å²) in [6.07, 6.45) is 2.96. The molecule has 0 radical (unpaired) electrons. The Morgan fingerprint density at radius 3 is 2.54 bits per heavy atom. The molecule has 3 heterocycles. The van der Waals surface area contributed by atoms with E-state index >= 15 is 0 Å². The fourth-order valence-corrected chi connectivity index (χ4v) is 3.15. The van der Waals surface area contributed by atoms with E-state index in [1.807, 2.05) is 4.68 Å². The van der Waals surface area contributed by atoms with Crippen LogP contribution in [0.2, 0.25) is 0 Å². The molecule has 0 spiro atoms. The molecule has 0 aliphatic carbocycles. The fraction of sp³-hybridized carbons (Fsp3) is 0.867. The van der Waals surface area contributed by atoms with Gasteiger partial charge in [-0.1, -0.05) is 18.9 Å². The van der Waals surface area contributed by atoms with Crippen molar-refractivity contribution in [3.05, 3.63) is 0 Å². The molecule has 9 heteroatoms. The largest absolute Gasteiger partial charge is 0.448 e. The van der Waals surface area contributed by atoms with E-state index in [1.165, 1.54) is 0 Å². The molecule has 3 rings (SSSR count). The molecule has 1 aromatic heterocycles. The number of nitrogens with zero attached hydrogens (tertiary/aromatic N) is 6. The Morgan fingerprint density at radius 2 is 1.92 bits per heavy atom. The Balaban J connectivity index is 1.58. The first-order chi connectivity index (χ1) is 11.7. The number of carbonyl (C=O) groups excluding carboxylic acids is 1. The number of morpholine rings is 1. The van der Waals surface area contributed by atoms with Gasteiger partial charge in [-0.15, -0.1) is 0 Å². The number of hydrogen-bond donors (Lipinski definition) is 0. The van der Waals surface area contributed by atoms with E-state index in [4.69, 9.17) is 9.47 Å². The molecular formula is C15H26N6O3. The number of tetrazole rings is 1. The third-order valence-corrected chi connectivity index (χ3v) is 4.58. The average Bonchev–Trinajstić information content (AvgIpc) is 3.24. The minimum absolute atomic E-state index is 0.216. The predicted molar refractivity (Wildman–Crippen MR) is 86.8 cm³/mol. The molecule has 2 atom stereocenters. The molecule has 0 aromatic carbocycles. The highest BCUT2D eigenvalue weighted by molar-refractivity contribution is 5.69. The number of aromatic nitrogens is 4. The minimum atomic E-state index is -0.225. The lowest BCUT2D eigenvalue weighted by atomic mass is 10.1. The van der Waals surface area contributed by atoms with Gasteiger partial charge in [0.1, 0.15) is 6.61 Å². The topological polar surface area (TPSA) is 85.6 Å². The molecule has 24 heavy (non-hydrogen) atoms. The number of aryl methyl sites for hydroxylation is 1. The molecule has 0 bridgehead atoms. The van der Waals surface area contributed by atoms with E-state index in [-0.39, 0.29) is 18.3 Å². The van der Waals surface area contributed by atoms with Crippen LogP contribution >= 0.6 is 0 Å². The summed E-state index contributed by atoms with van der Waals surface area (Å²) in [5.41, 5.74) is 0. The highest BCUT2D eigenvalue weighted by Gasteiger charge is 2.29. The van der Waals surface area contributed by atoms with Crippen LogP contribution in [-0.2, 0) is 16.0 Å². The second-order valence-corrected chi connectivity index (χ2v) is 6.26. The molecule has 0 N–H and O–H groups in total. The standard InChI is InChI=1S/C15H26N6O3/c1-3-12-10-20(11-13(4-2)24-12)14-16-17-18-21(14)7-5-6-19-8-9-23-15(19)22/h12-13H,3-11H2,1-2H3.